The van der Waals surface area contributed by atoms with Gasteiger partial charge in [-0.25, -0.2) is 0 Å². The Hall–Kier alpha value is -1.56. The molecule has 0 saturated carbocycles. The molecule has 0 saturated heterocycles. The van der Waals surface area contributed by atoms with E-state index in [1.165, 1.54) is 11.1 Å². The molecule has 1 rings (SSSR count). The van der Waals surface area contributed by atoms with Gasteiger partial charge in [-0.3, -0.25) is 0 Å². The van der Waals surface area contributed by atoms with Crippen LogP contribution in [0.1, 0.15) is 25.3 Å². The fourth-order valence-corrected chi connectivity index (χ4v) is 1.36. The van der Waals surface area contributed by atoms with Gasteiger partial charge in [-0.2, -0.15) is 0 Å². The van der Waals surface area contributed by atoms with Gasteiger partial charge >= 0.3 is 0 Å². The molecule has 0 spiro atoms. The molecule has 0 nitrogen and oxygen atoms in total. The number of benzene rings is 1. The van der Waals surface area contributed by atoms with E-state index in [1.54, 1.807) is 0 Å². The van der Waals surface area contributed by atoms with Gasteiger partial charge in [-0.15, -0.1) is 0 Å². The summed E-state index contributed by atoms with van der Waals surface area (Å²) in [6.07, 6.45) is 10.5. The second kappa shape index (κ2) is 6.83. The van der Waals surface area contributed by atoms with E-state index in [4.69, 9.17) is 0 Å². The largest absolute Gasteiger partial charge is 0.0988 e. The Kier molecular flexibility index (Phi) is 5.24. The van der Waals surface area contributed by atoms with Crippen molar-refractivity contribution in [3.63, 3.8) is 0 Å². The molecular weight excluding hydrogens is 180 g/mol. The van der Waals surface area contributed by atoms with Crippen molar-refractivity contribution in [3.05, 3.63) is 66.3 Å². The average molecular weight is 198 g/mol. The monoisotopic (exact) mass is 198 g/mol. The minimum atomic E-state index is 0.976. The molecule has 0 radical (unpaired) electrons. The Morgan fingerprint density at radius 3 is 2.60 bits per heavy atom. The summed E-state index contributed by atoms with van der Waals surface area (Å²) in [4.78, 5) is 0. The van der Waals surface area contributed by atoms with Gasteiger partial charge in [0.15, 0.2) is 0 Å². The standard InChI is InChI=1S/C15H18/c1-3-14(4-2)10-8-9-13-15-11-6-5-7-12-15/h3,5-7,9-13H,1,4,8H2,2H3. The summed E-state index contributed by atoms with van der Waals surface area (Å²) in [5, 5.41) is 0. The average Bonchev–Trinajstić information content (AvgIpc) is 2.31. The summed E-state index contributed by atoms with van der Waals surface area (Å²) in [7, 11) is 0. The highest BCUT2D eigenvalue weighted by Gasteiger charge is 1.84. The third kappa shape index (κ3) is 4.46. The first-order valence-electron chi connectivity index (χ1n) is 5.40. The second-order valence-electron chi connectivity index (χ2n) is 3.39. The third-order valence-corrected chi connectivity index (χ3v) is 2.30. The molecule has 1 aromatic rings. The van der Waals surface area contributed by atoms with Crippen molar-refractivity contribution in [2.24, 2.45) is 0 Å². The van der Waals surface area contributed by atoms with Crippen molar-refractivity contribution in [2.75, 3.05) is 0 Å². The number of hydrogen-bond donors (Lipinski definition) is 0. The number of rotatable bonds is 5. The zero-order chi connectivity index (χ0) is 10.9. The van der Waals surface area contributed by atoms with Crippen LogP contribution in [0.2, 0.25) is 0 Å². The Labute approximate surface area is 92.6 Å². The van der Waals surface area contributed by atoms with Crippen molar-refractivity contribution < 1.29 is 0 Å². The Morgan fingerprint density at radius 1 is 1.27 bits per heavy atom. The van der Waals surface area contributed by atoms with Crippen LogP contribution < -0.4 is 0 Å². The molecule has 0 heteroatoms. The highest BCUT2D eigenvalue weighted by Crippen LogP contribution is 2.05. The van der Waals surface area contributed by atoms with E-state index < -0.39 is 0 Å². The number of allylic oxidation sites excluding steroid dienone is 4. The Morgan fingerprint density at radius 2 is 2.00 bits per heavy atom. The van der Waals surface area contributed by atoms with E-state index in [0.717, 1.165) is 12.8 Å². The molecule has 78 valence electrons. The van der Waals surface area contributed by atoms with Gasteiger partial charge < -0.3 is 0 Å². The summed E-state index contributed by atoms with van der Waals surface area (Å²) in [5.41, 5.74) is 2.57. The lowest BCUT2D eigenvalue weighted by molar-refractivity contribution is 1.13. The summed E-state index contributed by atoms with van der Waals surface area (Å²) in [5.74, 6) is 0. The molecule has 1 aromatic carbocycles. The highest BCUT2D eigenvalue weighted by atomic mass is 13.9. The topological polar surface area (TPSA) is 0 Å². The quantitative estimate of drug-likeness (QED) is 0.606. The molecular formula is C15H18. The van der Waals surface area contributed by atoms with Crippen molar-refractivity contribution in [3.8, 4) is 0 Å². The molecule has 15 heavy (non-hydrogen) atoms. The summed E-state index contributed by atoms with van der Waals surface area (Å²) in [6, 6.07) is 10.3. The van der Waals surface area contributed by atoms with Crippen LogP contribution in [0.15, 0.2) is 60.7 Å². The smallest absolute Gasteiger partial charge is 0.0160 e. The first-order chi connectivity index (χ1) is 7.36. The predicted molar refractivity (Wildman–Crippen MR) is 68.7 cm³/mol. The maximum absolute atomic E-state index is 3.78. The zero-order valence-electron chi connectivity index (χ0n) is 9.32. The van der Waals surface area contributed by atoms with Crippen molar-refractivity contribution >= 4 is 6.08 Å². The van der Waals surface area contributed by atoms with E-state index in [1.807, 2.05) is 12.1 Å². The van der Waals surface area contributed by atoms with Crippen molar-refractivity contribution in [1.29, 1.82) is 0 Å². The lowest BCUT2D eigenvalue weighted by Crippen LogP contribution is -1.73. The van der Waals surface area contributed by atoms with Gasteiger partial charge in [-0.1, -0.05) is 73.7 Å². The maximum atomic E-state index is 3.78. The number of hydrogen-bond acceptors (Lipinski definition) is 0. The van der Waals surface area contributed by atoms with Crippen LogP contribution in [0.5, 0.6) is 0 Å². The van der Waals surface area contributed by atoms with Crippen LogP contribution in [0, 0.1) is 0 Å². The van der Waals surface area contributed by atoms with Crippen LogP contribution in [0.3, 0.4) is 0 Å². The molecule has 0 unspecified atom stereocenters. The van der Waals surface area contributed by atoms with E-state index >= 15 is 0 Å². The lowest BCUT2D eigenvalue weighted by atomic mass is 10.1. The molecule has 0 atom stereocenters. The van der Waals surface area contributed by atoms with Gasteiger partial charge in [0.25, 0.3) is 0 Å². The first-order valence-corrected chi connectivity index (χ1v) is 5.40. The SMILES string of the molecule is C=CC(=CCC=Cc1ccccc1)CC. The summed E-state index contributed by atoms with van der Waals surface area (Å²) >= 11 is 0. The normalized spacial score (nSPS) is 11.9. The molecule has 0 aliphatic heterocycles. The third-order valence-electron chi connectivity index (χ3n) is 2.30. The molecule has 0 aliphatic rings. The second-order valence-corrected chi connectivity index (χ2v) is 3.39. The van der Waals surface area contributed by atoms with Gasteiger partial charge in [0.05, 0.1) is 0 Å². The summed E-state index contributed by atoms with van der Waals surface area (Å²) < 4.78 is 0. The Bertz CT molecular complexity index is 342. The fourth-order valence-electron chi connectivity index (χ4n) is 1.36. The minimum absolute atomic E-state index is 0.976. The van der Waals surface area contributed by atoms with E-state index in [0.29, 0.717) is 0 Å². The highest BCUT2D eigenvalue weighted by molar-refractivity contribution is 5.48. The van der Waals surface area contributed by atoms with Gasteiger partial charge in [0, 0.05) is 0 Å². The van der Waals surface area contributed by atoms with Crippen LogP contribution in [-0.4, -0.2) is 0 Å². The van der Waals surface area contributed by atoms with Crippen LogP contribution >= 0.6 is 0 Å². The summed E-state index contributed by atoms with van der Waals surface area (Å²) in [6.45, 7) is 5.92. The molecule has 0 amide bonds. The van der Waals surface area contributed by atoms with E-state index in [9.17, 15) is 0 Å². The predicted octanol–water partition coefficient (Wildman–Crippen LogP) is 4.61. The fraction of sp³-hybridized carbons (Fsp3) is 0.200. The molecule has 0 bridgehead atoms. The van der Waals surface area contributed by atoms with Crippen molar-refractivity contribution in [1.82, 2.24) is 0 Å². The van der Waals surface area contributed by atoms with Crippen LogP contribution in [0.4, 0.5) is 0 Å². The lowest BCUT2D eigenvalue weighted by Gasteiger charge is -1.94. The van der Waals surface area contributed by atoms with E-state index in [2.05, 4.69) is 56.0 Å². The molecule has 0 aliphatic carbocycles. The maximum Gasteiger partial charge on any atom is -0.0160 e. The van der Waals surface area contributed by atoms with Gasteiger partial charge in [-0.05, 0) is 18.4 Å². The molecule has 0 fully saturated rings. The molecule has 0 heterocycles. The van der Waals surface area contributed by atoms with Crippen LogP contribution in [0.25, 0.3) is 6.08 Å². The van der Waals surface area contributed by atoms with E-state index in [-0.39, 0.29) is 0 Å². The molecule has 0 N–H and O–H groups in total. The zero-order valence-corrected chi connectivity index (χ0v) is 9.32. The van der Waals surface area contributed by atoms with Crippen LogP contribution in [-0.2, 0) is 0 Å². The van der Waals surface area contributed by atoms with Crippen molar-refractivity contribution in [2.45, 2.75) is 19.8 Å². The van der Waals surface area contributed by atoms with Gasteiger partial charge in [0.1, 0.15) is 0 Å². The van der Waals surface area contributed by atoms with Gasteiger partial charge in [0.2, 0.25) is 0 Å². The first kappa shape index (κ1) is 11.5. The molecule has 0 aromatic heterocycles. The minimum Gasteiger partial charge on any atom is -0.0988 e. The Balaban J connectivity index is 2.47.